The lowest BCUT2D eigenvalue weighted by molar-refractivity contribution is 0.665. The van der Waals surface area contributed by atoms with Crippen LogP contribution < -0.4 is 5.73 Å². The largest absolute Gasteiger partial charge is 0.322 e. The van der Waals surface area contributed by atoms with E-state index < -0.39 is 0 Å². The number of nitrogens with two attached hydrogens (primary N) is 1. The van der Waals surface area contributed by atoms with E-state index >= 15 is 0 Å². The Morgan fingerprint density at radius 2 is 2.00 bits per heavy atom. The van der Waals surface area contributed by atoms with Crippen molar-refractivity contribution in [2.24, 2.45) is 5.73 Å². The highest BCUT2D eigenvalue weighted by Gasteiger charge is 2.23. The highest BCUT2D eigenvalue weighted by Crippen LogP contribution is 2.17. The third-order valence-corrected chi connectivity index (χ3v) is 1.84. The van der Waals surface area contributed by atoms with Gasteiger partial charge in [0.1, 0.15) is 0 Å². The lowest BCUT2D eigenvalue weighted by Gasteiger charge is -2.24. The monoisotopic (exact) mass is 181 g/mol. The van der Waals surface area contributed by atoms with Crippen molar-refractivity contribution < 1.29 is 0 Å². The van der Waals surface area contributed by atoms with Gasteiger partial charge in [0, 0.05) is 4.75 Å². The molecule has 0 amide bonds. The molecular formula is C5H11NS3. The second-order valence-corrected chi connectivity index (χ2v) is 4.85. The molecule has 0 aliphatic carbocycles. The van der Waals surface area contributed by atoms with Crippen LogP contribution in [0.3, 0.4) is 0 Å². The summed E-state index contributed by atoms with van der Waals surface area (Å²) in [6.45, 7) is 3.81. The van der Waals surface area contributed by atoms with Crippen molar-refractivity contribution in [3.05, 3.63) is 0 Å². The van der Waals surface area contributed by atoms with E-state index in [1.807, 2.05) is 13.8 Å². The molecule has 0 fully saturated rings. The first kappa shape index (κ1) is 9.75. The van der Waals surface area contributed by atoms with Crippen molar-refractivity contribution in [2.75, 3.05) is 0 Å². The minimum absolute atomic E-state index is 0.223. The predicted octanol–water partition coefficient (Wildman–Crippen LogP) is 1.28. The molecular weight excluding hydrogens is 170 g/mol. The Morgan fingerprint density at radius 3 is 2.00 bits per heavy atom. The van der Waals surface area contributed by atoms with Crippen LogP contribution in [0.15, 0.2) is 0 Å². The van der Waals surface area contributed by atoms with Crippen molar-refractivity contribution in [1.82, 2.24) is 0 Å². The summed E-state index contributed by atoms with van der Waals surface area (Å²) in [5, 5.41) is 0. The molecule has 0 rings (SSSR count). The Balaban J connectivity index is 4.04. The van der Waals surface area contributed by atoms with Gasteiger partial charge in [0.2, 0.25) is 0 Å². The second-order valence-electron chi connectivity index (χ2n) is 2.47. The molecule has 4 heteroatoms. The molecule has 0 aromatic carbocycles. The summed E-state index contributed by atoms with van der Waals surface area (Å²) in [4.78, 5) is 0. The molecule has 54 valence electrons. The molecule has 0 aromatic rings. The van der Waals surface area contributed by atoms with Crippen LogP contribution in [-0.4, -0.2) is 15.0 Å². The molecule has 9 heavy (non-hydrogen) atoms. The van der Waals surface area contributed by atoms with Crippen molar-refractivity contribution in [2.45, 2.75) is 24.6 Å². The first-order valence-electron chi connectivity index (χ1n) is 2.56. The molecule has 0 saturated carbocycles. The molecule has 0 spiro atoms. The Kier molecular flexibility index (Phi) is 3.50. The maximum Gasteiger partial charge on any atom is 0.0629 e. The van der Waals surface area contributed by atoms with Gasteiger partial charge in [0.05, 0.1) is 10.2 Å². The molecule has 1 nitrogen and oxygen atoms in total. The number of thiocarbonyl (C=S) groups is 1. The van der Waals surface area contributed by atoms with Gasteiger partial charge in [0.25, 0.3) is 0 Å². The van der Waals surface area contributed by atoms with Crippen LogP contribution >= 0.6 is 37.5 Å². The first-order chi connectivity index (χ1) is 3.85. The maximum absolute atomic E-state index is 5.60. The average Bonchev–Trinajstić information content (AvgIpc) is 1.62. The van der Waals surface area contributed by atoms with E-state index in [1.165, 1.54) is 0 Å². The van der Waals surface area contributed by atoms with Crippen LogP contribution in [0.4, 0.5) is 0 Å². The van der Waals surface area contributed by atoms with Gasteiger partial charge < -0.3 is 5.73 Å². The summed E-state index contributed by atoms with van der Waals surface area (Å²) in [5.41, 5.74) is 5.60. The summed E-state index contributed by atoms with van der Waals surface area (Å²) < 4.78 is 0.244. The van der Waals surface area contributed by atoms with Crippen molar-refractivity contribution in [1.29, 1.82) is 0 Å². The van der Waals surface area contributed by atoms with Gasteiger partial charge >= 0.3 is 0 Å². The summed E-state index contributed by atoms with van der Waals surface area (Å²) in [7, 11) is 0. The van der Waals surface area contributed by atoms with Gasteiger partial charge in [-0.3, -0.25) is 0 Å². The van der Waals surface area contributed by atoms with Gasteiger partial charge in [0.15, 0.2) is 0 Å². The normalized spacial score (nSPS) is 15.2. The average molecular weight is 181 g/mol. The number of rotatable bonds is 2. The highest BCUT2D eigenvalue weighted by molar-refractivity contribution is 8.11. The molecule has 0 aliphatic heterocycles. The lowest BCUT2D eigenvalue weighted by Crippen LogP contribution is -2.42. The van der Waals surface area contributed by atoms with Crippen LogP contribution in [0.1, 0.15) is 13.8 Å². The van der Waals surface area contributed by atoms with E-state index in [0.717, 1.165) is 0 Å². The molecule has 0 aliphatic rings. The van der Waals surface area contributed by atoms with E-state index in [-0.39, 0.29) is 10.8 Å². The minimum Gasteiger partial charge on any atom is -0.322 e. The van der Waals surface area contributed by atoms with Gasteiger partial charge in [-0.1, -0.05) is 12.2 Å². The van der Waals surface area contributed by atoms with E-state index in [1.54, 1.807) is 0 Å². The molecule has 0 saturated heterocycles. The van der Waals surface area contributed by atoms with Gasteiger partial charge in [-0.2, -0.15) is 12.6 Å². The highest BCUT2D eigenvalue weighted by atomic mass is 32.1. The standard InChI is InChI=1S/C5H11NS3/c1-5(2,9)3(6)4(7)8/h3,9H,6H2,1-2H3,(H,7,8)/t3-/m1/s1. The van der Waals surface area contributed by atoms with Crippen LogP contribution in [-0.2, 0) is 0 Å². The topological polar surface area (TPSA) is 26.0 Å². The summed E-state index contributed by atoms with van der Waals surface area (Å²) in [6.07, 6.45) is 0. The van der Waals surface area contributed by atoms with Gasteiger partial charge in [-0.25, -0.2) is 0 Å². The fraction of sp³-hybridized carbons (Fsp3) is 0.800. The third-order valence-electron chi connectivity index (χ3n) is 1.03. The van der Waals surface area contributed by atoms with E-state index in [4.69, 9.17) is 18.0 Å². The zero-order chi connectivity index (χ0) is 7.65. The van der Waals surface area contributed by atoms with Crippen LogP contribution in [0.5, 0.6) is 0 Å². The fourth-order valence-corrected chi connectivity index (χ4v) is 1.24. The molecule has 0 unspecified atom stereocenters. The van der Waals surface area contributed by atoms with E-state index in [9.17, 15) is 0 Å². The zero-order valence-electron chi connectivity index (χ0n) is 5.46. The number of thiol groups is 2. The van der Waals surface area contributed by atoms with Crippen molar-refractivity contribution in [3.63, 3.8) is 0 Å². The Morgan fingerprint density at radius 1 is 1.67 bits per heavy atom. The van der Waals surface area contributed by atoms with Crippen LogP contribution in [0.2, 0.25) is 0 Å². The molecule has 2 N–H and O–H groups in total. The Labute approximate surface area is 72.2 Å². The SMILES string of the molecule is CC(C)(S)[C@H](N)C(=S)S. The first-order valence-corrected chi connectivity index (χ1v) is 3.86. The smallest absolute Gasteiger partial charge is 0.0629 e. The predicted molar refractivity (Wildman–Crippen MR) is 52.6 cm³/mol. The van der Waals surface area contributed by atoms with E-state index in [0.29, 0.717) is 4.20 Å². The van der Waals surface area contributed by atoms with Crippen LogP contribution in [0.25, 0.3) is 0 Å². The second kappa shape index (κ2) is 3.23. The molecule has 1 atom stereocenters. The zero-order valence-corrected chi connectivity index (χ0v) is 8.06. The molecule has 0 bridgehead atoms. The minimum atomic E-state index is -0.265. The summed E-state index contributed by atoms with van der Waals surface area (Å²) >= 11 is 12.9. The summed E-state index contributed by atoms with van der Waals surface area (Å²) in [5.74, 6) is 0. The van der Waals surface area contributed by atoms with Gasteiger partial charge in [-0.05, 0) is 13.8 Å². The fourth-order valence-electron chi connectivity index (χ4n) is 0.302. The number of hydrogen-bond donors (Lipinski definition) is 3. The van der Waals surface area contributed by atoms with Crippen LogP contribution in [0, 0.1) is 0 Å². The van der Waals surface area contributed by atoms with Crippen molar-refractivity contribution >= 4 is 41.7 Å². The quantitative estimate of drug-likeness (QED) is 0.442. The number of hydrogen-bond acceptors (Lipinski definition) is 3. The molecule has 0 heterocycles. The van der Waals surface area contributed by atoms with Crippen molar-refractivity contribution in [3.8, 4) is 0 Å². The van der Waals surface area contributed by atoms with Gasteiger partial charge in [-0.15, -0.1) is 12.6 Å². The molecule has 0 radical (unpaired) electrons. The Bertz CT molecular complexity index is 116. The maximum atomic E-state index is 5.60. The Hall–Kier alpha value is 0.750. The molecule has 0 aromatic heterocycles. The third kappa shape index (κ3) is 3.45. The lowest BCUT2D eigenvalue weighted by atomic mass is 10.1. The van der Waals surface area contributed by atoms with E-state index in [2.05, 4.69) is 25.3 Å². The summed E-state index contributed by atoms with van der Waals surface area (Å²) in [6, 6.07) is -0.223.